The summed E-state index contributed by atoms with van der Waals surface area (Å²) in [6.07, 6.45) is 0. The largest absolute Gasteiger partial charge is 0.485 e. The second-order valence-electron chi connectivity index (χ2n) is 2.94. The van der Waals surface area contributed by atoms with E-state index in [9.17, 15) is 10.1 Å². The van der Waals surface area contributed by atoms with E-state index >= 15 is 0 Å². The van der Waals surface area contributed by atoms with Gasteiger partial charge in [0.05, 0.1) is 9.40 Å². The van der Waals surface area contributed by atoms with E-state index in [-0.39, 0.29) is 11.4 Å². The summed E-state index contributed by atoms with van der Waals surface area (Å²) in [6, 6.07) is 2.82. The lowest BCUT2D eigenvalue weighted by atomic mass is 10.3. The number of nitro benzene ring substituents is 1. The Balaban J connectivity index is 2.99. The maximum atomic E-state index is 10.8. The summed E-state index contributed by atoms with van der Waals surface area (Å²) in [5.74, 6) is 0.199. The predicted molar refractivity (Wildman–Crippen MR) is 65.2 cm³/mol. The first kappa shape index (κ1) is 13.2. The van der Waals surface area contributed by atoms with Crippen molar-refractivity contribution in [2.75, 3.05) is 20.2 Å². The van der Waals surface area contributed by atoms with Crippen LogP contribution in [-0.2, 0) is 0 Å². The van der Waals surface area contributed by atoms with Gasteiger partial charge in [-0.3, -0.25) is 10.1 Å². The Morgan fingerprint density at radius 2 is 2.31 bits per heavy atom. The molecule has 88 valence electrons. The van der Waals surface area contributed by atoms with Crippen molar-refractivity contribution in [1.82, 2.24) is 5.32 Å². The molecule has 0 aliphatic rings. The smallest absolute Gasteiger partial charge is 0.313 e. The van der Waals surface area contributed by atoms with Gasteiger partial charge in [0.15, 0.2) is 0 Å². The molecule has 0 unspecified atom stereocenters. The molecule has 5 nitrogen and oxygen atoms in total. The van der Waals surface area contributed by atoms with Crippen LogP contribution >= 0.6 is 27.5 Å². The Bertz CT molecular complexity index is 401. The van der Waals surface area contributed by atoms with Crippen molar-refractivity contribution in [3.8, 4) is 5.75 Å². The van der Waals surface area contributed by atoms with Crippen LogP contribution in [0.25, 0.3) is 0 Å². The highest BCUT2D eigenvalue weighted by Crippen LogP contribution is 2.37. The second-order valence-corrected chi connectivity index (χ2v) is 4.24. The zero-order chi connectivity index (χ0) is 12.1. The van der Waals surface area contributed by atoms with Gasteiger partial charge in [-0.15, -0.1) is 0 Å². The first-order chi connectivity index (χ1) is 7.56. The van der Waals surface area contributed by atoms with Crippen molar-refractivity contribution in [2.45, 2.75) is 0 Å². The molecule has 16 heavy (non-hydrogen) atoms. The zero-order valence-electron chi connectivity index (χ0n) is 8.50. The van der Waals surface area contributed by atoms with Crippen LogP contribution in [0.3, 0.4) is 0 Å². The summed E-state index contributed by atoms with van der Waals surface area (Å²) in [7, 11) is 1.77. The number of ether oxygens (including phenoxy) is 1. The standard InChI is InChI=1S/C9H10BrClN2O3/c1-12-2-3-16-9-7(10)4-6(11)5-8(9)13(14)15/h4-5,12H,2-3H2,1H3. The number of nitrogens with zero attached hydrogens (tertiary/aromatic N) is 1. The summed E-state index contributed by atoms with van der Waals surface area (Å²) in [5.41, 5.74) is -0.143. The molecule has 1 aromatic rings. The van der Waals surface area contributed by atoms with E-state index in [4.69, 9.17) is 16.3 Å². The van der Waals surface area contributed by atoms with Crippen molar-refractivity contribution in [3.63, 3.8) is 0 Å². The maximum absolute atomic E-state index is 10.8. The van der Waals surface area contributed by atoms with Gasteiger partial charge in [0.2, 0.25) is 5.75 Å². The average molecular weight is 310 g/mol. The Morgan fingerprint density at radius 1 is 1.62 bits per heavy atom. The van der Waals surface area contributed by atoms with Crippen molar-refractivity contribution >= 4 is 33.2 Å². The lowest BCUT2D eigenvalue weighted by Gasteiger charge is -2.08. The number of likely N-dealkylation sites (N-methyl/N-ethyl adjacent to an activating group) is 1. The Hall–Kier alpha value is -0.850. The van der Waals surface area contributed by atoms with E-state index in [1.807, 2.05) is 0 Å². The molecule has 0 saturated carbocycles. The minimum Gasteiger partial charge on any atom is -0.485 e. The second kappa shape index (κ2) is 6.03. The van der Waals surface area contributed by atoms with Crippen molar-refractivity contribution in [2.24, 2.45) is 0 Å². The molecule has 1 N–H and O–H groups in total. The number of benzene rings is 1. The fourth-order valence-electron chi connectivity index (χ4n) is 1.08. The summed E-state index contributed by atoms with van der Waals surface area (Å²) in [6.45, 7) is 0.948. The number of hydrogen-bond acceptors (Lipinski definition) is 4. The lowest BCUT2D eigenvalue weighted by molar-refractivity contribution is -0.385. The SMILES string of the molecule is CNCCOc1c(Br)cc(Cl)cc1[N+](=O)[O-]. The van der Waals surface area contributed by atoms with Crippen molar-refractivity contribution in [1.29, 1.82) is 0 Å². The van der Waals surface area contributed by atoms with Gasteiger partial charge in [0, 0.05) is 17.6 Å². The van der Waals surface area contributed by atoms with Crippen LogP contribution in [-0.4, -0.2) is 25.1 Å². The molecule has 1 aromatic carbocycles. The quantitative estimate of drug-likeness (QED) is 0.516. The van der Waals surface area contributed by atoms with Crippen molar-refractivity contribution in [3.05, 3.63) is 31.7 Å². The molecule has 0 radical (unpaired) electrons. The average Bonchev–Trinajstić information content (AvgIpc) is 2.20. The van der Waals surface area contributed by atoms with Gasteiger partial charge in [0.1, 0.15) is 6.61 Å². The van der Waals surface area contributed by atoms with E-state index in [1.54, 1.807) is 13.1 Å². The van der Waals surface area contributed by atoms with Gasteiger partial charge in [-0.2, -0.15) is 0 Å². The van der Waals surface area contributed by atoms with Crippen LogP contribution < -0.4 is 10.1 Å². The molecule has 0 spiro atoms. The van der Waals surface area contributed by atoms with Gasteiger partial charge in [0.25, 0.3) is 0 Å². The summed E-state index contributed by atoms with van der Waals surface area (Å²) in [4.78, 5) is 10.3. The summed E-state index contributed by atoms with van der Waals surface area (Å²) >= 11 is 8.91. The lowest BCUT2D eigenvalue weighted by Crippen LogP contribution is -2.16. The van der Waals surface area contributed by atoms with E-state index in [0.717, 1.165) is 0 Å². The molecule has 1 rings (SSSR count). The van der Waals surface area contributed by atoms with Crippen molar-refractivity contribution < 1.29 is 9.66 Å². The first-order valence-electron chi connectivity index (χ1n) is 4.47. The molecule has 0 amide bonds. The molecule has 0 aliphatic heterocycles. The number of hydrogen-bond donors (Lipinski definition) is 1. The molecule has 0 aromatic heterocycles. The molecule has 0 atom stereocenters. The molecular weight excluding hydrogens is 299 g/mol. The highest BCUT2D eigenvalue weighted by atomic mass is 79.9. The number of nitrogens with one attached hydrogen (secondary N) is 1. The van der Waals surface area contributed by atoms with E-state index in [2.05, 4.69) is 21.2 Å². The number of nitro groups is 1. The Kier molecular flexibility index (Phi) is 4.98. The minimum absolute atomic E-state index is 0.143. The molecule has 0 bridgehead atoms. The van der Waals surface area contributed by atoms with Gasteiger partial charge < -0.3 is 10.1 Å². The summed E-state index contributed by atoms with van der Waals surface area (Å²) < 4.78 is 5.79. The van der Waals surface area contributed by atoms with Crippen LogP contribution in [0.5, 0.6) is 5.75 Å². The van der Waals surface area contributed by atoms with Crippen LogP contribution in [0.4, 0.5) is 5.69 Å². The van der Waals surface area contributed by atoms with Gasteiger partial charge in [-0.05, 0) is 29.0 Å². The van der Waals surface area contributed by atoms with E-state index in [1.165, 1.54) is 6.07 Å². The van der Waals surface area contributed by atoms with Crippen LogP contribution in [0, 0.1) is 10.1 Å². The van der Waals surface area contributed by atoms with Gasteiger partial charge in [-0.1, -0.05) is 11.6 Å². The molecule has 0 heterocycles. The van der Waals surface area contributed by atoms with Crippen LogP contribution in [0.1, 0.15) is 0 Å². The van der Waals surface area contributed by atoms with E-state index < -0.39 is 4.92 Å². The third-order valence-electron chi connectivity index (χ3n) is 1.78. The Morgan fingerprint density at radius 3 is 2.88 bits per heavy atom. The highest BCUT2D eigenvalue weighted by Gasteiger charge is 2.19. The molecule has 0 aliphatic carbocycles. The maximum Gasteiger partial charge on any atom is 0.313 e. The summed E-state index contributed by atoms with van der Waals surface area (Å²) in [5, 5.41) is 14.0. The predicted octanol–water partition coefficient (Wildman–Crippen LogP) is 2.61. The number of halogens is 2. The minimum atomic E-state index is -0.522. The topological polar surface area (TPSA) is 64.4 Å². The van der Waals surface area contributed by atoms with E-state index in [0.29, 0.717) is 22.6 Å². The third-order valence-corrected chi connectivity index (χ3v) is 2.59. The van der Waals surface area contributed by atoms with Crippen LogP contribution in [0.15, 0.2) is 16.6 Å². The number of rotatable bonds is 5. The van der Waals surface area contributed by atoms with Crippen LogP contribution in [0.2, 0.25) is 5.02 Å². The Labute approximate surface area is 106 Å². The van der Waals surface area contributed by atoms with Gasteiger partial charge in [-0.25, -0.2) is 0 Å². The monoisotopic (exact) mass is 308 g/mol. The molecular formula is C9H10BrClN2O3. The van der Waals surface area contributed by atoms with Gasteiger partial charge >= 0.3 is 5.69 Å². The molecule has 7 heteroatoms. The first-order valence-corrected chi connectivity index (χ1v) is 5.64. The molecule has 0 fully saturated rings. The fraction of sp³-hybridized carbons (Fsp3) is 0.333. The fourth-order valence-corrected chi connectivity index (χ4v) is 1.99. The zero-order valence-corrected chi connectivity index (χ0v) is 10.8. The molecule has 0 saturated heterocycles. The highest BCUT2D eigenvalue weighted by molar-refractivity contribution is 9.10. The third kappa shape index (κ3) is 3.33. The normalized spacial score (nSPS) is 10.2.